The first-order chi connectivity index (χ1) is 10.4. The van der Waals surface area contributed by atoms with Crippen LogP contribution in [0.1, 0.15) is 29.7 Å². The third-order valence-corrected chi connectivity index (χ3v) is 5.46. The minimum absolute atomic E-state index is 0.492. The van der Waals surface area contributed by atoms with Crippen molar-refractivity contribution in [3.05, 3.63) is 16.8 Å². The maximum atomic E-state index is 5.66. The number of nitrogens with zero attached hydrogens (tertiary/aromatic N) is 2. The van der Waals surface area contributed by atoms with E-state index in [0.717, 1.165) is 36.7 Å². The number of fused-ring (bicyclic) bond motifs is 3. The molecule has 0 aromatic carbocycles. The Kier molecular flexibility index (Phi) is 3.75. The van der Waals surface area contributed by atoms with E-state index in [-0.39, 0.29) is 0 Å². The molecule has 1 atom stereocenters. The van der Waals surface area contributed by atoms with Crippen molar-refractivity contribution in [3.63, 3.8) is 0 Å². The molecule has 21 heavy (non-hydrogen) atoms. The molecule has 0 amide bonds. The second-order valence-electron chi connectivity index (χ2n) is 5.76. The topological polar surface area (TPSA) is 56.3 Å². The Balaban J connectivity index is 1.55. The number of aryl methyl sites for hydroxylation is 2. The summed E-state index contributed by atoms with van der Waals surface area (Å²) in [6, 6.07) is 0. The molecule has 1 fully saturated rings. The molecule has 1 aliphatic heterocycles. The highest BCUT2D eigenvalue weighted by Crippen LogP contribution is 2.38. The molecule has 6 heteroatoms. The number of nitrogens with one attached hydrogen (secondary N) is 1. The summed E-state index contributed by atoms with van der Waals surface area (Å²) in [5.74, 6) is 1.31. The van der Waals surface area contributed by atoms with Gasteiger partial charge in [-0.15, -0.1) is 11.3 Å². The maximum Gasteiger partial charge on any atom is 0.162 e. The molecule has 2 aliphatic rings. The molecular formula is C15H19N3O2S. The molecule has 0 radical (unpaired) electrons. The number of hydrogen-bond donors (Lipinski definition) is 1. The van der Waals surface area contributed by atoms with Gasteiger partial charge in [0.25, 0.3) is 0 Å². The number of aromatic nitrogens is 2. The van der Waals surface area contributed by atoms with E-state index in [1.807, 2.05) is 0 Å². The Bertz CT molecular complexity index is 637. The number of hydrogen-bond acceptors (Lipinski definition) is 6. The SMILES string of the molecule is c1nc(NOCC2CCOC2)c2c3c(sc2n1)CCCC3. The van der Waals surface area contributed by atoms with Gasteiger partial charge in [0.15, 0.2) is 5.82 Å². The fourth-order valence-electron chi connectivity index (χ4n) is 3.11. The summed E-state index contributed by atoms with van der Waals surface area (Å²) in [6.07, 6.45) is 7.55. The molecule has 0 saturated carbocycles. The van der Waals surface area contributed by atoms with Crippen LogP contribution in [0.3, 0.4) is 0 Å². The van der Waals surface area contributed by atoms with Crippen molar-refractivity contribution in [2.45, 2.75) is 32.1 Å². The van der Waals surface area contributed by atoms with Gasteiger partial charge in [0, 0.05) is 17.4 Å². The largest absolute Gasteiger partial charge is 0.381 e. The predicted octanol–water partition coefficient (Wildman–Crippen LogP) is 2.95. The fraction of sp³-hybridized carbons (Fsp3) is 0.600. The van der Waals surface area contributed by atoms with E-state index in [2.05, 4.69) is 15.4 Å². The molecule has 5 nitrogen and oxygen atoms in total. The first-order valence-electron chi connectivity index (χ1n) is 7.62. The summed E-state index contributed by atoms with van der Waals surface area (Å²) in [6.45, 7) is 2.32. The highest BCUT2D eigenvalue weighted by atomic mass is 32.1. The smallest absolute Gasteiger partial charge is 0.162 e. The van der Waals surface area contributed by atoms with E-state index in [1.54, 1.807) is 17.7 Å². The van der Waals surface area contributed by atoms with Crippen molar-refractivity contribution in [1.82, 2.24) is 9.97 Å². The average Bonchev–Trinajstić information content (AvgIpc) is 3.14. The molecule has 1 aliphatic carbocycles. The van der Waals surface area contributed by atoms with Crippen LogP contribution in [0, 0.1) is 5.92 Å². The summed E-state index contributed by atoms with van der Waals surface area (Å²) in [5.41, 5.74) is 4.48. The number of ether oxygens (including phenoxy) is 1. The van der Waals surface area contributed by atoms with Crippen LogP contribution in [-0.2, 0) is 22.4 Å². The molecular weight excluding hydrogens is 286 g/mol. The Labute approximate surface area is 127 Å². The van der Waals surface area contributed by atoms with Crippen LogP contribution in [-0.4, -0.2) is 29.8 Å². The van der Waals surface area contributed by atoms with Crippen molar-refractivity contribution in [3.8, 4) is 0 Å². The van der Waals surface area contributed by atoms with Crippen LogP contribution in [0.5, 0.6) is 0 Å². The number of thiophene rings is 1. The van der Waals surface area contributed by atoms with Gasteiger partial charge in [-0.05, 0) is 37.7 Å². The summed E-state index contributed by atoms with van der Waals surface area (Å²) in [7, 11) is 0. The highest BCUT2D eigenvalue weighted by Gasteiger charge is 2.20. The van der Waals surface area contributed by atoms with Crippen molar-refractivity contribution in [1.29, 1.82) is 0 Å². The van der Waals surface area contributed by atoms with Crippen molar-refractivity contribution in [2.24, 2.45) is 5.92 Å². The summed E-state index contributed by atoms with van der Waals surface area (Å²) >= 11 is 1.81. The molecule has 1 unspecified atom stereocenters. The minimum Gasteiger partial charge on any atom is -0.381 e. The third-order valence-electron chi connectivity index (χ3n) is 4.26. The predicted molar refractivity (Wildman–Crippen MR) is 82.6 cm³/mol. The zero-order valence-electron chi connectivity index (χ0n) is 11.9. The monoisotopic (exact) mass is 305 g/mol. The standard InChI is InChI=1S/C15H19N3O2S/c1-2-4-12-11(3-1)13-14(16-9-17-15(13)21-12)18-20-8-10-5-6-19-7-10/h9-10H,1-8H2,(H,16,17,18). The van der Waals surface area contributed by atoms with E-state index in [9.17, 15) is 0 Å². The molecule has 0 spiro atoms. The highest BCUT2D eigenvalue weighted by molar-refractivity contribution is 7.19. The number of anilines is 1. The molecule has 2 aromatic rings. The van der Waals surface area contributed by atoms with Crippen molar-refractivity contribution in [2.75, 3.05) is 25.3 Å². The second-order valence-corrected chi connectivity index (χ2v) is 6.84. The lowest BCUT2D eigenvalue weighted by Crippen LogP contribution is -2.14. The Hall–Kier alpha value is -1.24. The third kappa shape index (κ3) is 2.63. The molecule has 2 aromatic heterocycles. The second kappa shape index (κ2) is 5.87. The fourth-order valence-corrected chi connectivity index (χ4v) is 4.34. The Morgan fingerprint density at radius 1 is 1.33 bits per heavy atom. The van der Waals surface area contributed by atoms with Gasteiger partial charge >= 0.3 is 0 Å². The van der Waals surface area contributed by atoms with Gasteiger partial charge in [-0.1, -0.05) is 0 Å². The molecule has 4 rings (SSSR count). The van der Waals surface area contributed by atoms with Crippen LogP contribution < -0.4 is 5.48 Å². The normalized spacial score (nSPS) is 21.6. The summed E-state index contributed by atoms with van der Waals surface area (Å²) in [5, 5.41) is 1.17. The maximum absolute atomic E-state index is 5.66. The zero-order valence-corrected chi connectivity index (χ0v) is 12.7. The van der Waals surface area contributed by atoms with Gasteiger partial charge in [0.05, 0.1) is 18.6 Å². The summed E-state index contributed by atoms with van der Waals surface area (Å²) < 4.78 is 5.36. The van der Waals surface area contributed by atoms with Gasteiger partial charge in [-0.25, -0.2) is 15.4 Å². The van der Waals surface area contributed by atoms with Gasteiger partial charge in [-0.3, -0.25) is 4.84 Å². The minimum atomic E-state index is 0.492. The Morgan fingerprint density at radius 2 is 2.29 bits per heavy atom. The number of rotatable bonds is 4. The lowest BCUT2D eigenvalue weighted by atomic mass is 9.97. The van der Waals surface area contributed by atoms with E-state index in [4.69, 9.17) is 9.57 Å². The van der Waals surface area contributed by atoms with E-state index in [0.29, 0.717) is 12.5 Å². The lowest BCUT2D eigenvalue weighted by Gasteiger charge is -2.13. The van der Waals surface area contributed by atoms with Crippen LogP contribution in [0.15, 0.2) is 6.33 Å². The van der Waals surface area contributed by atoms with Gasteiger partial charge in [0.2, 0.25) is 0 Å². The summed E-state index contributed by atoms with van der Waals surface area (Å²) in [4.78, 5) is 17.0. The van der Waals surface area contributed by atoms with E-state index in [1.165, 1.54) is 35.1 Å². The van der Waals surface area contributed by atoms with Gasteiger partial charge < -0.3 is 4.74 Å². The first kappa shape index (κ1) is 13.4. The van der Waals surface area contributed by atoms with Crippen molar-refractivity contribution >= 4 is 27.4 Å². The molecule has 1 saturated heterocycles. The van der Waals surface area contributed by atoms with Crippen LogP contribution in [0.4, 0.5) is 5.82 Å². The lowest BCUT2D eigenvalue weighted by molar-refractivity contribution is 0.126. The molecule has 0 bridgehead atoms. The van der Waals surface area contributed by atoms with Gasteiger partial charge in [-0.2, -0.15) is 0 Å². The first-order valence-corrected chi connectivity index (χ1v) is 8.44. The van der Waals surface area contributed by atoms with Crippen molar-refractivity contribution < 1.29 is 9.57 Å². The van der Waals surface area contributed by atoms with E-state index >= 15 is 0 Å². The quantitative estimate of drug-likeness (QED) is 0.880. The van der Waals surface area contributed by atoms with E-state index < -0.39 is 0 Å². The molecule has 112 valence electrons. The van der Waals surface area contributed by atoms with Crippen LogP contribution in [0.2, 0.25) is 0 Å². The molecule has 3 heterocycles. The Morgan fingerprint density at radius 3 is 3.19 bits per heavy atom. The van der Waals surface area contributed by atoms with Gasteiger partial charge in [0.1, 0.15) is 11.2 Å². The zero-order chi connectivity index (χ0) is 14.1. The van der Waals surface area contributed by atoms with Crippen LogP contribution >= 0.6 is 11.3 Å². The molecule has 1 N–H and O–H groups in total. The average molecular weight is 305 g/mol. The van der Waals surface area contributed by atoms with Crippen LogP contribution in [0.25, 0.3) is 10.2 Å².